The first-order chi connectivity index (χ1) is 9.19. The maximum atomic E-state index is 9.94. The van der Waals surface area contributed by atoms with E-state index in [9.17, 15) is 5.11 Å². The largest absolute Gasteiger partial charge is 0.489 e. The zero-order chi connectivity index (χ0) is 13.7. The normalized spacial score (nSPS) is 17.1. The minimum atomic E-state index is -0.449. The predicted molar refractivity (Wildman–Crippen MR) is 74.2 cm³/mol. The van der Waals surface area contributed by atoms with E-state index >= 15 is 0 Å². The third-order valence-electron chi connectivity index (χ3n) is 3.57. The average Bonchev–Trinajstić information content (AvgIpc) is 2.90. The number of halogens is 1. The van der Waals surface area contributed by atoms with Crippen molar-refractivity contribution in [3.05, 3.63) is 28.8 Å². The molecule has 2 rings (SSSR count). The molecule has 19 heavy (non-hydrogen) atoms. The van der Waals surface area contributed by atoms with Gasteiger partial charge in [-0.1, -0.05) is 37.3 Å². The van der Waals surface area contributed by atoms with Gasteiger partial charge in [0.05, 0.1) is 22.8 Å². The van der Waals surface area contributed by atoms with Crippen LogP contribution >= 0.6 is 11.6 Å². The molecule has 1 aromatic rings. The Balaban J connectivity index is 1.82. The van der Waals surface area contributed by atoms with Gasteiger partial charge in [0.2, 0.25) is 0 Å². The molecule has 1 aliphatic carbocycles. The van der Waals surface area contributed by atoms with Gasteiger partial charge in [-0.25, -0.2) is 0 Å². The number of hydrogen-bond acceptors (Lipinski definition) is 3. The topological polar surface area (TPSA) is 53.2 Å². The molecule has 0 heterocycles. The van der Waals surface area contributed by atoms with Gasteiger partial charge in [0.15, 0.2) is 0 Å². The monoisotopic (exact) mass is 279 g/mol. The van der Waals surface area contributed by atoms with Crippen LogP contribution in [0.2, 0.25) is 5.02 Å². The van der Waals surface area contributed by atoms with Gasteiger partial charge in [0, 0.05) is 0 Å². The summed E-state index contributed by atoms with van der Waals surface area (Å²) < 4.78 is 5.52. The Hall–Kier alpha value is -1.24. The highest BCUT2D eigenvalue weighted by Crippen LogP contribution is 2.29. The van der Waals surface area contributed by atoms with Crippen LogP contribution in [0.1, 0.15) is 37.7 Å². The van der Waals surface area contributed by atoms with Crippen LogP contribution in [0.3, 0.4) is 0 Å². The molecule has 1 aliphatic rings. The van der Waals surface area contributed by atoms with Crippen LogP contribution in [0.25, 0.3) is 0 Å². The molecule has 0 aromatic heterocycles. The van der Waals surface area contributed by atoms with E-state index in [-0.39, 0.29) is 6.61 Å². The SMILES string of the molecule is N#Cc1ccc(OCC(O)CC2CCCC2)c(Cl)c1. The predicted octanol–water partition coefficient (Wildman–Crippen LogP) is 3.53. The minimum Gasteiger partial charge on any atom is -0.489 e. The van der Waals surface area contributed by atoms with Crippen LogP contribution in [0.4, 0.5) is 0 Å². The van der Waals surface area contributed by atoms with E-state index in [0.717, 1.165) is 6.42 Å². The molecule has 0 aliphatic heterocycles. The van der Waals surface area contributed by atoms with E-state index in [2.05, 4.69) is 0 Å². The van der Waals surface area contributed by atoms with Crippen molar-refractivity contribution >= 4 is 11.6 Å². The summed E-state index contributed by atoms with van der Waals surface area (Å²) >= 11 is 6.00. The lowest BCUT2D eigenvalue weighted by Gasteiger charge is -2.16. The highest BCUT2D eigenvalue weighted by molar-refractivity contribution is 6.32. The van der Waals surface area contributed by atoms with E-state index < -0.39 is 6.10 Å². The van der Waals surface area contributed by atoms with Crippen molar-refractivity contribution in [2.75, 3.05) is 6.61 Å². The number of nitriles is 1. The first kappa shape index (κ1) is 14.2. The van der Waals surface area contributed by atoms with E-state index in [1.165, 1.54) is 25.7 Å². The highest BCUT2D eigenvalue weighted by atomic mass is 35.5. The van der Waals surface area contributed by atoms with Crippen molar-refractivity contribution in [2.45, 2.75) is 38.2 Å². The molecule has 0 saturated heterocycles. The number of hydrogen-bond donors (Lipinski definition) is 1. The standard InChI is InChI=1S/C15H18ClNO2/c16-14-8-12(9-17)5-6-15(14)19-10-13(18)7-11-3-1-2-4-11/h5-6,8,11,13,18H,1-4,7,10H2. The lowest BCUT2D eigenvalue weighted by atomic mass is 10.0. The van der Waals surface area contributed by atoms with Crippen molar-refractivity contribution in [3.8, 4) is 11.8 Å². The molecule has 0 radical (unpaired) electrons. The minimum absolute atomic E-state index is 0.252. The molecule has 1 fully saturated rings. The fourth-order valence-corrected chi connectivity index (χ4v) is 2.81. The van der Waals surface area contributed by atoms with Gasteiger partial charge in [0.1, 0.15) is 12.4 Å². The van der Waals surface area contributed by atoms with Crippen molar-refractivity contribution in [2.24, 2.45) is 5.92 Å². The Kier molecular flexibility index (Phi) is 5.07. The van der Waals surface area contributed by atoms with Gasteiger partial charge >= 0.3 is 0 Å². The first-order valence-corrected chi connectivity index (χ1v) is 7.07. The molecule has 0 bridgehead atoms. The smallest absolute Gasteiger partial charge is 0.138 e. The lowest BCUT2D eigenvalue weighted by molar-refractivity contribution is 0.0856. The molecule has 3 nitrogen and oxygen atoms in total. The third-order valence-corrected chi connectivity index (χ3v) is 3.87. The molecular weight excluding hydrogens is 262 g/mol. The second-order valence-corrected chi connectivity index (χ2v) is 5.52. The molecule has 102 valence electrons. The number of ether oxygens (including phenoxy) is 1. The Morgan fingerprint density at radius 3 is 2.79 bits per heavy atom. The number of nitrogens with zero attached hydrogens (tertiary/aromatic N) is 1. The Labute approximate surface area is 118 Å². The van der Waals surface area contributed by atoms with E-state index in [1.54, 1.807) is 18.2 Å². The van der Waals surface area contributed by atoms with Crippen LogP contribution in [-0.4, -0.2) is 17.8 Å². The van der Waals surface area contributed by atoms with Gasteiger partial charge in [-0.2, -0.15) is 5.26 Å². The zero-order valence-corrected chi connectivity index (χ0v) is 11.6. The van der Waals surface area contributed by atoms with Gasteiger partial charge in [-0.05, 0) is 30.5 Å². The van der Waals surface area contributed by atoms with Crippen LogP contribution in [0, 0.1) is 17.2 Å². The Morgan fingerprint density at radius 1 is 1.42 bits per heavy atom. The molecule has 1 saturated carbocycles. The van der Waals surface area contributed by atoms with Crippen LogP contribution in [0.15, 0.2) is 18.2 Å². The van der Waals surface area contributed by atoms with Crippen LogP contribution in [0.5, 0.6) is 5.75 Å². The summed E-state index contributed by atoms with van der Waals surface area (Å²) in [5.41, 5.74) is 0.504. The maximum absolute atomic E-state index is 9.94. The van der Waals surface area contributed by atoms with Crippen molar-refractivity contribution in [3.63, 3.8) is 0 Å². The van der Waals surface area contributed by atoms with E-state index in [4.69, 9.17) is 21.6 Å². The van der Waals surface area contributed by atoms with Gasteiger partial charge in [-0.15, -0.1) is 0 Å². The van der Waals surface area contributed by atoms with E-state index in [1.807, 2.05) is 6.07 Å². The lowest BCUT2D eigenvalue weighted by Crippen LogP contribution is -2.20. The molecule has 1 aromatic carbocycles. The fraction of sp³-hybridized carbons (Fsp3) is 0.533. The first-order valence-electron chi connectivity index (χ1n) is 6.69. The van der Waals surface area contributed by atoms with Gasteiger partial charge in [0.25, 0.3) is 0 Å². The molecule has 0 amide bonds. The molecule has 0 spiro atoms. The summed E-state index contributed by atoms with van der Waals surface area (Å²) in [5.74, 6) is 1.15. The van der Waals surface area contributed by atoms with Crippen molar-refractivity contribution < 1.29 is 9.84 Å². The van der Waals surface area contributed by atoms with Gasteiger partial charge in [-0.3, -0.25) is 0 Å². The molecule has 4 heteroatoms. The number of aliphatic hydroxyl groups excluding tert-OH is 1. The maximum Gasteiger partial charge on any atom is 0.138 e. The second kappa shape index (κ2) is 6.79. The van der Waals surface area contributed by atoms with Crippen LogP contribution in [-0.2, 0) is 0 Å². The highest BCUT2D eigenvalue weighted by Gasteiger charge is 2.19. The number of benzene rings is 1. The second-order valence-electron chi connectivity index (χ2n) is 5.11. The Bertz CT molecular complexity index is 464. The zero-order valence-electron chi connectivity index (χ0n) is 10.8. The summed E-state index contributed by atoms with van der Waals surface area (Å²) in [6.45, 7) is 0.252. The summed E-state index contributed by atoms with van der Waals surface area (Å²) in [5, 5.41) is 19.1. The average molecular weight is 280 g/mol. The van der Waals surface area contributed by atoms with Crippen LogP contribution < -0.4 is 4.74 Å². The van der Waals surface area contributed by atoms with Gasteiger partial charge < -0.3 is 9.84 Å². The summed E-state index contributed by atoms with van der Waals surface area (Å²) in [6.07, 6.45) is 5.34. The molecule has 1 N–H and O–H groups in total. The number of rotatable bonds is 5. The molecule has 1 atom stereocenters. The third kappa shape index (κ3) is 4.12. The molecule has 1 unspecified atom stereocenters. The quantitative estimate of drug-likeness (QED) is 0.897. The molecular formula is C15H18ClNO2. The summed E-state index contributed by atoms with van der Waals surface area (Å²) in [7, 11) is 0. The Morgan fingerprint density at radius 2 is 2.16 bits per heavy atom. The number of aliphatic hydroxyl groups is 1. The van der Waals surface area contributed by atoms with Crippen molar-refractivity contribution in [1.29, 1.82) is 5.26 Å². The van der Waals surface area contributed by atoms with Crippen molar-refractivity contribution in [1.82, 2.24) is 0 Å². The fourth-order valence-electron chi connectivity index (χ4n) is 2.57. The van der Waals surface area contributed by atoms with E-state index in [0.29, 0.717) is 22.3 Å². The summed E-state index contributed by atoms with van der Waals surface area (Å²) in [6, 6.07) is 6.92. The summed E-state index contributed by atoms with van der Waals surface area (Å²) in [4.78, 5) is 0.